The van der Waals surface area contributed by atoms with Gasteiger partial charge in [-0.3, -0.25) is 4.79 Å². The molecular formula is C62H90O4. The molecule has 7 rings (SSSR count). The predicted molar refractivity (Wildman–Crippen MR) is 277 cm³/mol. The molecule has 0 heterocycles. The summed E-state index contributed by atoms with van der Waals surface area (Å²) < 4.78 is 18.3. The van der Waals surface area contributed by atoms with Gasteiger partial charge < -0.3 is 14.2 Å². The fourth-order valence-electron chi connectivity index (χ4n) is 13.7. The highest BCUT2D eigenvalue weighted by atomic mass is 16.5. The Morgan fingerprint density at radius 1 is 0.636 bits per heavy atom. The zero-order chi connectivity index (χ0) is 46.4. The highest BCUT2D eigenvalue weighted by Gasteiger charge is 2.59. The van der Waals surface area contributed by atoms with Crippen LogP contribution in [0.25, 0.3) is 22.3 Å². The number of ether oxygens (including phenoxy) is 3. The molecule has 0 N–H and O–H groups in total. The van der Waals surface area contributed by atoms with E-state index in [0.717, 1.165) is 98.7 Å². The minimum atomic E-state index is 0.0328. The molecule has 0 unspecified atom stereocenters. The van der Waals surface area contributed by atoms with Crippen LogP contribution in [0.15, 0.2) is 84.4 Å². The van der Waals surface area contributed by atoms with Crippen molar-refractivity contribution in [2.75, 3.05) is 13.2 Å². The Bertz CT molecular complexity index is 1940. The van der Waals surface area contributed by atoms with E-state index in [1.165, 1.54) is 131 Å². The third-order valence-corrected chi connectivity index (χ3v) is 17.6. The topological polar surface area (TPSA) is 44.8 Å². The first-order valence-corrected chi connectivity index (χ1v) is 27.5. The van der Waals surface area contributed by atoms with E-state index in [-0.39, 0.29) is 12.1 Å². The standard InChI is InChI=1S/C62H90O4/c1-7-8-9-17-42-64-53-33-30-49(31-34-53)48-26-28-50(29-27-48)51-23-20-24-54(44-51)65-43-18-15-13-11-10-12-14-16-25-60(63)66-55-38-40-61(5)52(45-55)32-35-56-58-37-36-57(47(4)22-19-21-46(2)3)62(58,6)41-39-59(56)61/h20,23-24,26-34,44,46-47,55-59H,7-19,21-22,25,35-43,45H2,1-6H3/t47-,55+,56+,57-,58+,59+,61+,62-/m1/s1. The lowest BCUT2D eigenvalue weighted by atomic mass is 9.47. The molecule has 3 aromatic carbocycles. The van der Waals surface area contributed by atoms with Crippen LogP contribution in [0.3, 0.4) is 0 Å². The summed E-state index contributed by atoms with van der Waals surface area (Å²) >= 11 is 0. The molecule has 0 saturated heterocycles. The maximum atomic E-state index is 13.0. The molecule has 0 spiro atoms. The number of rotatable bonds is 26. The molecular weight excluding hydrogens is 809 g/mol. The van der Waals surface area contributed by atoms with E-state index in [1.807, 2.05) is 0 Å². The number of esters is 1. The first kappa shape index (κ1) is 50.3. The van der Waals surface area contributed by atoms with E-state index in [9.17, 15) is 4.79 Å². The molecule has 4 aliphatic rings. The van der Waals surface area contributed by atoms with E-state index in [4.69, 9.17) is 14.2 Å². The summed E-state index contributed by atoms with van der Waals surface area (Å²) in [5.41, 5.74) is 7.25. The molecule has 4 heteroatoms. The molecule has 0 radical (unpaired) electrons. The molecule has 4 nitrogen and oxygen atoms in total. The van der Waals surface area contributed by atoms with Gasteiger partial charge in [-0.2, -0.15) is 0 Å². The number of fused-ring (bicyclic) bond motifs is 5. The average molecular weight is 899 g/mol. The average Bonchev–Trinajstić information content (AvgIpc) is 3.68. The van der Waals surface area contributed by atoms with Crippen molar-refractivity contribution < 1.29 is 19.0 Å². The summed E-state index contributed by atoms with van der Waals surface area (Å²) in [6.45, 7) is 16.4. The largest absolute Gasteiger partial charge is 0.494 e. The molecule has 8 atom stereocenters. The van der Waals surface area contributed by atoms with Gasteiger partial charge in [0.05, 0.1) is 13.2 Å². The number of allylic oxidation sites excluding steroid dienone is 1. The van der Waals surface area contributed by atoms with Crippen LogP contribution >= 0.6 is 0 Å². The van der Waals surface area contributed by atoms with Crippen LogP contribution in [-0.4, -0.2) is 25.3 Å². The third kappa shape index (κ3) is 13.2. The van der Waals surface area contributed by atoms with Crippen LogP contribution in [-0.2, 0) is 9.53 Å². The van der Waals surface area contributed by atoms with E-state index >= 15 is 0 Å². The lowest BCUT2D eigenvalue weighted by molar-refractivity contribution is -0.151. The first-order valence-electron chi connectivity index (χ1n) is 27.5. The Kier molecular flexibility index (Phi) is 18.8. The van der Waals surface area contributed by atoms with Gasteiger partial charge in [0.25, 0.3) is 0 Å². The van der Waals surface area contributed by atoms with Gasteiger partial charge in [-0.15, -0.1) is 0 Å². The van der Waals surface area contributed by atoms with Crippen molar-refractivity contribution in [2.45, 2.75) is 202 Å². The predicted octanol–water partition coefficient (Wildman–Crippen LogP) is 17.8. The molecule has 66 heavy (non-hydrogen) atoms. The first-order chi connectivity index (χ1) is 32.1. The molecule has 362 valence electrons. The van der Waals surface area contributed by atoms with Crippen LogP contribution in [0.5, 0.6) is 11.5 Å². The number of carbonyl (C=O) groups excluding carboxylic acids is 1. The van der Waals surface area contributed by atoms with E-state index in [1.54, 1.807) is 5.57 Å². The molecule has 0 amide bonds. The van der Waals surface area contributed by atoms with Crippen molar-refractivity contribution in [3.05, 3.63) is 84.4 Å². The van der Waals surface area contributed by atoms with Crippen molar-refractivity contribution in [3.63, 3.8) is 0 Å². The van der Waals surface area contributed by atoms with Gasteiger partial charge >= 0.3 is 5.97 Å². The van der Waals surface area contributed by atoms with Crippen LogP contribution in [0.4, 0.5) is 0 Å². The van der Waals surface area contributed by atoms with Crippen LogP contribution in [0.2, 0.25) is 0 Å². The van der Waals surface area contributed by atoms with Gasteiger partial charge in [0.2, 0.25) is 0 Å². The minimum Gasteiger partial charge on any atom is -0.494 e. The molecule has 3 fully saturated rings. The smallest absolute Gasteiger partial charge is 0.306 e. The van der Waals surface area contributed by atoms with E-state index < -0.39 is 0 Å². The van der Waals surface area contributed by atoms with E-state index in [0.29, 0.717) is 17.3 Å². The highest BCUT2D eigenvalue weighted by Crippen LogP contribution is 2.67. The fraction of sp³-hybridized carbons (Fsp3) is 0.661. The van der Waals surface area contributed by atoms with Crippen LogP contribution in [0, 0.1) is 46.3 Å². The zero-order valence-electron chi connectivity index (χ0n) is 42.6. The van der Waals surface area contributed by atoms with Gasteiger partial charge in [-0.25, -0.2) is 0 Å². The van der Waals surface area contributed by atoms with Crippen LogP contribution in [0.1, 0.15) is 196 Å². The van der Waals surface area contributed by atoms with Gasteiger partial charge in [0.1, 0.15) is 17.6 Å². The summed E-state index contributed by atoms with van der Waals surface area (Å²) in [6.07, 6.45) is 31.8. The minimum absolute atomic E-state index is 0.0328. The Morgan fingerprint density at radius 2 is 1.27 bits per heavy atom. The van der Waals surface area contributed by atoms with Crippen molar-refractivity contribution in [2.24, 2.45) is 46.3 Å². The lowest BCUT2D eigenvalue weighted by Gasteiger charge is -2.58. The summed E-state index contributed by atoms with van der Waals surface area (Å²) in [5.74, 6) is 7.08. The Hall–Kier alpha value is -3.53. The van der Waals surface area contributed by atoms with Gasteiger partial charge in [-0.05, 0) is 157 Å². The summed E-state index contributed by atoms with van der Waals surface area (Å²) in [4.78, 5) is 13.0. The fourth-order valence-corrected chi connectivity index (χ4v) is 13.7. The highest BCUT2D eigenvalue weighted by molar-refractivity contribution is 5.71. The summed E-state index contributed by atoms with van der Waals surface area (Å²) in [6, 6.07) is 25.8. The Labute approximate surface area is 402 Å². The van der Waals surface area contributed by atoms with Gasteiger partial charge in [-0.1, -0.05) is 179 Å². The second-order valence-electron chi connectivity index (χ2n) is 22.6. The van der Waals surface area contributed by atoms with Crippen molar-refractivity contribution in [1.29, 1.82) is 0 Å². The number of benzene rings is 3. The molecule has 3 aromatic rings. The van der Waals surface area contributed by atoms with Gasteiger partial charge in [0, 0.05) is 12.8 Å². The Morgan fingerprint density at radius 3 is 1.97 bits per heavy atom. The number of hydrogen-bond donors (Lipinski definition) is 0. The number of unbranched alkanes of at least 4 members (excludes halogenated alkanes) is 10. The molecule has 0 aliphatic heterocycles. The monoisotopic (exact) mass is 899 g/mol. The molecule has 4 aliphatic carbocycles. The van der Waals surface area contributed by atoms with Crippen LogP contribution < -0.4 is 9.47 Å². The molecule has 0 bridgehead atoms. The van der Waals surface area contributed by atoms with Gasteiger partial charge in [0.15, 0.2) is 0 Å². The maximum Gasteiger partial charge on any atom is 0.306 e. The zero-order valence-corrected chi connectivity index (χ0v) is 42.6. The second kappa shape index (κ2) is 24.7. The van der Waals surface area contributed by atoms with Crippen molar-refractivity contribution in [3.8, 4) is 33.8 Å². The molecule has 0 aromatic heterocycles. The Balaban J connectivity index is 0.727. The lowest BCUT2D eigenvalue weighted by Crippen LogP contribution is -2.51. The third-order valence-electron chi connectivity index (χ3n) is 17.6. The summed E-state index contributed by atoms with van der Waals surface area (Å²) in [5, 5.41) is 0. The quantitative estimate of drug-likeness (QED) is 0.0457. The summed E-state index contributed by atoms with van der Waals surface area (Å²) in [7, 11) is 0. The SMILES string of the molecule is CCCCCCOc1ccc(-c2ccc(-c3cccc(OCCCCCCCCCCC(=O)O[C@H]4CC[C@@]5(C)C(=CC[C@H]6[C@@H]7CC[C@H]([C@H](C)CCCC(C)C)[C@@]7(C)CC[C@@H]65)C4)c3)cc2)cc1. The second-order valence-corrected chi connectivity index (χ2v) is 22.6. The maximum absolute atomic E-state index is 13.0. The normalized spacial score (nSPS) is 26.2. The van der Waals surface area contributed by atoms with Crippen molar-refractivity contribution >= 4 is 5.97 Å². The number of carbonyl (C=O) groups is 1. The molecule has 3 saturated carbocycles. The number of hydrogen-bond acceptors (Lipinski definition) is 4. The van der Waals surface area contributed by atoms with Crippen molar-refractivity contribution in [1.82, 2.24) is 0 Å². The van der Waals surface area contributed by atoms with E-state index in [2.05, 4.69) is 120 Å².